The van der Waals surface area contributed by atoms with E-state index in [0.717, 1.165) is 32.0 Å². The van der Waals surface area contributed by atoms with Crippen molar-refractivity contribution in [2.75, 3.05) is 5.32 Å². The van der Waals surface area contributed by atoms with E-state index in [9.17, 15) is 4.79 Å². The summed E-state index contributed by atoms with van der Waals surface area (Å²) in [7, 11) is 0. The van der Waals surface area contributed by atoms with Gasteiger partial charge in [0.1, 0.15) is 12.1 Å². The van der Waals surface area contributed by atoms with Crippen molar-refractivity contribution in [1.29, 1.82) is 0 Å². The van der Waals surface area contributed by atoms with Crippen LogP contribution in [0, 0.1) is 0 Å². The summed E-state index contributed by atoms with van der Waals surface area (Å²) in [6.07, 6.45) is 9.31. The molecular weight excluding hydrogens is 222 g/mol. The highest BCUT2D eigenvalue weighted by molar-refractivity contribution is 7.82. The minimum atomic E-state index is -0.232. The predicted molar refractivity (Wildman–Crippen MR) is 65.8 cm³/mol. The monoisotopic (exact) mass is 237 g/mol. The van der Waals surface area contributed by atoms with Gasteiger partial charge in [-0.2, -0.15) is 12.6 Å². The average Bonchev–Trinajstić information content (AvgIpc) is 2.30. The molecule has 0 unspecified atom stereocenters. The summed E-state index contributed by atoms with van der Waals surface area (Å²) < 4.78 is 0. The molecule has 0 aliphatic heterocycles. The Hall–Kier alpha value is -1.10. The predicted octanol–water partition coefficient (Wildman–Crippen LogP) is 2.29. The van der Waals surface area contributed by atoms with E-state index in [1.165, 1.54) is 18.9 Å². The van der Waals surface area contributed by atoms with Gasteiger partial charge in [-0.15, -0.1) is 0 Å². The smallest absolute Gasteiger partial charge is 0.155 e. The molecule has 1 saturated carbocycles. The zero-order valence-corrected chi connectivity index (χ0v) is 9.91. The molecule has 4 nitrogen and oxygen atoms in total. The second-order valence-corrected chi connectivity index (χ2v) is 5.02. The molecule has 0 atom stereocenters. The minimum Gasteiger partial charge on any atom is -0.355 e. The lowest BCUT2D eigenvalue weighted by atomic mass is 9.94. The van der Waals surface area contributed by atoms with Crippen molar-refractivity contribution in [3.8, 4) is 0 Å². The Morgan fingerprint density at radius 3 is 2.81 bits per heavy atom. The van der Waals surface area contributed by atoms with Crippen LogP contribution in [0.3, 0.4) is 0 Å². The number of hydrogen-bond donors (Lipinski definition) is 2. The number of carbonyl (C=O) groups excluding carboxylic acids is 1. The third kappa shape index (κ3) is 2.52. The Bertz CT molecular complexity index is 377. The molecule has 0 radical (unpaired) electrons. The van der Waals surface area contributed by atoms with Gasteiger partial charge in [0.05, 0.1) is 10.4 Å². The van der Waals surface area contributed by atoms with Crippen LogP contribution in [0.5, 0.6) is 0 Å². The van der Waals surface area contributed by atoms with Crippen LogP contribution < -0.4 is 5.32 Å². The van der Waals surface area contributed by atoms with E-state index in [-0.39, 0.29) is 4.87 Å². The van der Waals surface area contributed by atoms with E-state index >= 15 is 0 Å². The summed E-state index contributed by atoms with van der Waals surface area (Å²) in [5, 5.41) is 3.26. The molecule has 5 heteroatoms. The molecule has 0 bridgehead atoms. The number of carbonyl (C=O) groups is 1. The van der Waals surface area contributed by atoms with Crippen molar-refractivity contribution < 1.29 is 4.79 Å². The fourth-order valence-corrected chi connectivity index (χ4v) is 2.44. The van der Waals surface area contributed by atoms with E-state index in [1.54, 1.807) is 0 Å². The molecular formula is C11H15N3OS. The van der Waals surface area contributed by atoms with Crippen LogP contribution >= 0.6 is 12.6 Å². The largest absolute Gasteiger partial charge is 0.355 e. The van der Waals surface area contributed by atoms with Crippen molar-refractivity contribution in [2.45, 2.75) is 37.0 Å². The molecule has 2 rings (SSSR count). The molecule has 1 aliphatic rings. The fourth-order valence-electron chi connectivity index (χ4n) is 2.01. The Morgan fingerprint density at radius 2 is 2.12 bits per heavy atom. The first kappa shape index (κ1) is 11.4. The molecule has 1 fully saturated rings. The second kappa shape index (κ2) is 4.82. The Labute approximate surface area is 100 Å². The molecule has 0 spiro atoms. The highest BCUT2D eigenvalue weighted by Crippen LogP contribution is 2.34. The van der Waals surface area contributed by atoms with Gasteiger partial charge in [-0.1, -0.05) is 19.3 Å². The summed E-state index contributed by atoms with van der Waals surface area (Å²) in [5.74, 6) is 0.585. The van der Waals surface area contributed by atoms with Crippen molar-refractivity contribution in [2.24, 2.45) is 0 Å². The van der Waals surface area contributed by atoms with Gasteiger partial charge in [0.25, 0.3) is 0 Å². The minimum absolute atomic E-state index is 0.232. The first-order chi connectivity index (χ1) is 7.73. The number of rotatable bonds is 3. The normalized spacial score (nSPS) is 19.1. The maximum atomic E-state index is 10.8. The van der Waals surface area contributed by atoms with Gasteiger partial charge in [0.15, 0.2) is 6.29 Å². The summed E-state index contributed by atoms with van der Waals surface area (Å²) >= 11 is 4.66. The molecule has 0 saturated heterocycles. The maximum Gasteiger partial charge on any atom is 0.155 e. The number of aromatic nitrogens is 2. The standard InChI is InChI=1S/C11H15N3OS/c15-7-9-6-12-8-13-10(9)14-11(16)4-2-1-3-5-11/h6-8,16H,1-5H2,(H,12,13,14). The lowest BCUT2D eigenvalue weighted by molar-refractivity contribution is 0.112. The summed E-state index contributed by atoms with van der Waals surface area (Å²) in [5.41, 5.74) is 0.487. The van der Waals surface area contributed by atoms with Crippen LogP contribution in [0.1, 0.15) is 42.5 Å². The maximum absolute atomic E-state index is 10.8. The van der Waals surface area contributed by atoms with Gasteiger partial charge in [-0.3, -0.25) is 4.79 Å². The van der Waals surface area contributed by atoms with Crippen LogP contribution in [0.4, 0.5) is 5.82 Å². The van der Waals surface area contributed by atoms with E-state index in [0.29, 0.717) is 11.4 Å². The second-order valence-electron chi connectivity index (χ2n) is 4.16. The van der Waals surface area contributed by atoms with Gasteiger partial charge in [-0.05, 0) is 12.8 Å². The average molecular weight is 237 g/mol. The van der Waals surface area contributed by atoms with Gasteiger partial charge in [0, 0.05) is 6.20 Å². The summed E-state index contributed by atoms with van der Waals surface area (Å²) in [6.45, 7) is 0. The Balaban J connectivity index is 2.15. The summed E-state index contributed by atoms with van der Waals surface area (Å²) in [4.78, 5) is 18.5. The van der Waals surface area contributed by atoms with Crippen LogP contribution in [-0.4, -0.2) is 21.1 Å². The zero-order chi connectivity index (χ0) is 11.4. The molecule has 1 aromatic rings. The van der Waals surface area contributed by atoms with Gasteiger partial charge in [-0.25, -0.2) is 9.97 Å². The highest BCUT2D eigenvalue weighted by atomic mass is 32.1. The number of nitrogens with zero attached hydrogens (tertiary/aromatic N) is 2. The van der Waals surface area contributed by atoms with Gasteiger partial charge >= 0.3 is 0 Å². The molecule has 1 aliphatic carbocycles. The lowest BCUT2D eigenvalue weighted by Gasteiger charge is -2.34. The molecule has 86 valence electrons. The molecule has 1 N–H and O–H groups in total. The van der Waals surface area contributed by atoms with E-state index in [1.807, 2.05) is 0 Å². The number of anilines is 1. The molecule has 0 aromatic carbocycles. The summed E-state index contributed by atoms with van der Waals surface area (Å²) in [6, 6.07) is 0. The van der Waals surface area contributed by atoms with Crippen molar-refractivity contribution in [1.82, 2.24) is 9.97 Å². The van der Waals surface area contributed by atoms with E-state index < -0.39 is 0 Å². The molecule has 16 heavy (non-hydrogen) atoms. The van der Waals surface area contributed by atoms with Gasteiger partial charge in [0.2, 0.25) is 0 Å². The first-order valence-corrected chi connectivity index (χ1v) is 5.94. The Kier molecular flexibility index (Phi) is 3.43. The molecule has 1 aromatic heterocycles. The Morgan fingerprint density at radius 1 is 1.38 bits per heavy atom. The van der Waals surface area contributed by atoms with Crippen LogP contribution in [0.15, 0.2) is 12.5 Å². The van der Waals surface area contributed by atoms with Crippen LogP contribution in [0.25, 0.3) is 0 Å². The number of hydrogen-bond acceptors (Lipinski definition) is 5. The molecule has 1 heterocycles. The SMILES string of the molecule is O=Cc1cncnc1NC1(S)CCCCC1. The quantitative estimate of drug-likeness (QED) is 0.481. The first-order valence-electron chi connectivity index (χ1n) is 5.49. The van der Waals surface area contributed by atoms with Crippen molar-refractivity contribution in [3.63, 3.8) is 0 Å². The van der Waals surface area contributed by atoms with Crippen LogP contribution in [0.2, 0.25) is 0 Å². The van der Waals surface area contributed by atoms with E-state index in [4.69, 9.17) is 0 Å². The lowest BCUT2D eigenvalue weighted by Crippen LogP contribution is -2.35. The van der Waals surface area contributed by atoms with Crippen LogP contribution in [-0.2, 0) is 0 Å². The third-order valence-corrected chi connectivity index (χ3v) is 3.46. The van der Waals surface area contributed by atoms with E-state index in [2.05, 4.69) is 27.9 Å². The number of nitrogens with one attached hydrogen (secondary N) is 1. The van der Waals surface area contributed by atoms with Gasteiger partial charge < -0.3 is 5.32 Å². The fraction of sp³-hybridized carbons (Fsp3) is 0.545. The number of thiol groups is 1. The third-order valence-electron chi connectivity index (χ3n) is 2.90. The van der Waals surface area contributed by atoms with Crippen molar-refractivity contribution >= 4 is 24.7 Å². The zero-order valence-electron chi connectivity index (χ0n) is 9.02. The number of aldehydes is 1. The topological polar surface area (TPSA) is 54.9 Å². The molecule has 0 amide bonds. The van der Waals surface area contributed by atoms with Crippen molar-refractivity contribution in [3.05, 3.63) is 18.1 Å². The highest BCUT2D eigenvalue weighted by Gasteiger charge is 2.28.